The number of rotatable bonds is 3. The number of nitrogens with one attached hydrogen (secondary N) is 1. The monoisotopic (exact) mass is 155 g/mol. The van der Waals surface area contributed by atoms with E-state index in [0.717, 1.165) is 24.4 Å². The number of hydrogen-bond acceptors (Lipinski definition) is 2. The van der Waals surface area contributed by atoms with E-state index in [0.29, 0.717) is 6.10 Å². The summed E-state index contributed by atoms with van der Waals surface area (Å²) in [5.41, 5.74) is 0. The van der Waals surface area contributed by atoms with Crippen molar-refractivity contribution in [1.29, 1.82) is 0 Å². The van der Waals surface area contributed by atoms with Crippen LogP contribution in [-0.2, 0) is 4.74 Å². The summed E-state index contributed by atoms with van der Waals surface area (Å²) in [4.78, 5) is 0. The summed E-state index contributed by atoms with van der Waals surface area (Å²) in [6.07, 6.45) is 0.407. The van der Waals surface area contributed by atoms with Crippen LogP contribution in [0.2, 0.25) is 0 Å². The van der Waals surface area contributed by atoms with Crippen LogP contribution < -0.4 is 5.32 Å². The predicted molar refractivity (Wildman–Crippen MR) is 44.4 cm³/mol. The molecule has 2 aliphatic rings. The molecule has 1 aliphatic heterocycles. The van der Waals surface area contributed by atoms with E-state index in [9.17, 15) is 0 Å². The number of fused-ring (bicyclic) bond motifs is 1. The molecule has 0 amide bonds. The highest BCUT2D eigenvalue weighted by atomic mass is 16.5. The van der Waals surface area contributed by atoms with Gasteiger partial charge >= 0.3 is 0 Å². The zero-order valence-electron chi connectivity index (χ0n) is 7.34. The summed E-state index contributed by atoms with van der Waals surface area (Å²) in [7, 11) is 0. The SMILES string of the molecule is CC(C)OCC1[C@H]2CNC[C@@H]12. The molecule has 0 aromatic heterocycles. The van der Waals surface area contributed by atoms with Crippen molar-refractivity contribution >= 4 is 0 Å². The van der Waals surface area contributed by atoms with Crippen LogP contribution in [0.15, 0.2) is 0 Å². The van der Waals surface area contributed by atoms with E-state index in [1.54, 1.807) is 0 Å². The van der Waals surface area contributed by atoms with Crippen LogP contribution in [0.25, 0.3) is 0 Å². The van der Waals surface area contributed by atoms with E-state index in [1.165, 1.54) is 13.1 Å². The molecular weight excluding hydrogens is 138 g/mol. The minimum absolute atomic E-state index is 0.407. The zero-order valence-corrected chi connectivity index (χ0v) is 7.34. The molecule has 3 atom stereocenters. The minimum Gasteiger partial charge on any atom is -0.378 e. The second-order valence-electron chi connectivity index (χ2n) is 4.03. The van der Waals surface area contributed by atoms with Gasteiger partial charge in [-0.15, -0.1) is 0 Å². The Morgan fingerprint density at radius 3 is 2.55 bits per heavy atom. The molecule has 2 nitrogen and oxygen atoms in total. The van der Waals surface area contributed by atoms with E-state index in [4.69, 9.17) is 4.74 Å². The Morgan fingerprint density at radius 2 is 2.00 bits per heavy atom. The van der Waals surface area contributed by atoms with Crippen molar-refractivity contribution in [3.8, 4) is 0 Å². The van der Waals surface area contributed by atoms with Crippen molar-refractivity contribution in [3.05, 3.63) is 0 Å². The van der Waals surface area contributed by atoms with Crippen molar-refractivity contribution < 1.29 is 4.74 Å². The summed E-state index contributed by atoms with van der Waals surface area (Å²) in [6, 6.07) is 0. The average Bonchev–Trinajstić information content (AvgIpc) is 2.44. The van der Waals surface area contributed by atoms with Crippen LogP contribution >= 0.6 is 0 Å². The van der Waals surface area contributed by atoms with Crippen LogP contribution in [0.3, 0.4) is 0 Å². The molecule has 1 aliphatic carbocycles. The maximum absolute atomic E-state index is 5.57. The van der Waals surface area contributed by atoms with Crippen LogP contribution in [0, 0.1) is 17.8 Å². The highest BCUT2D eigenvalue weighted by Crippen LogP contribution is 2.48. The van der Waals surface area contributed by atoms with Crippen LogP contribution in [-0.4, -0.2) is 25.8 Å². The van der Waals surface area contributed by atoms with Gasteiger partial charge in [-0.3, -0.25) is 0 Å². The molecule has 1 saturated heterocycles. The van der Waals surface area contributed by atoms with Crippen molar-refractivity contribution in [1.82, 2.24) is 5.32 Å². The Balaban J connectivity index is 1.67. The Kier molecular flexibility index (Phi) is 1.90. The van der Waals surface area contributed by atoms with Gasteiger partial charge in [0.05, 0.1) is 12.7 Å². The fourth-order valence-corrected chi connectivity index (χ4v) is 2.10. The maximum atomic E-state index is 5.57. The third-order valence-corrected chi connectivity index (χ3v) is 2.89. The standard InChI is InChI=1S/C9H17NO/c1-6(2)11-5-9-7-3-10-4-8(7)9/h6-10H,3-5H2,1-2H3/t7-,8+,9?. The molecule has 11 heavy (non-hydrogen) atoms. The highest BCUT2D eigenvalue weighted by molar-refractivity contribution is 5.03. The van der Waals surface area contributed by atoms with Crippen LogP contribution in [0.5, 0.6) is 0 Å². The average molecular weight is 155 g/mol. The molecule has 0 aromatic carbocycles. The second kappa shape index (κ2) is 2.76. The number of piperidine rings is 1. The van der Waals surface area contributed by atoms with E-state index in [-0.39, 0.29) is 0 Å². The molecule has 2 fully saturated rings. The van der Waals surface area contributed by atoms with Gasteiger partial charge in [0, 0.05) is 0 Å². The van der Waals surface area contributed by atoms with Crippen LogP contribution in [0.1, 0.15) is 13.8 Å². The van der Waals surface area contributed by atoms with Gasteiger partial charge in [0.15, 0.2) is 0 Å². The summed E-state index contributed by atoms with van der Waals surface area (Å²) < 4.78 is 5.57. The molecule has 64 valence electrons. The largest absolute Gasteiger partial charge is 0.378 e. The molecule has 0 spiro atoms. The fraction of sp³-hybridized carbons (Fsp3) is 1.00. The topological polar surface area (TPSA) is 21.3 Å². The molecule has 2 heteroatoms. The molecule has 2 rings (SSSR count). The zero-order chi connectivity index (χ0) is 7.84. The third-order valence-electron chi connectivity index (χ3n) is 2.89. The Hall–Kier alpha value is -0.0800. The van der Waals surface area contributed by atoms with Gasteiger partial charge in [0.1, 0.15) is 0 Å². The number of ether oxygens (including phenoxy) is 1. The lowest BCUT2D eigenvalue weighted by Crippen LogP contribution is -2.18. The fourth-order valence-electron chi connectivity index (χ4n) is 2.10. The van der Waals surface area contributed by atoms with E-state index < -0.39 is 0 Å². The molecule has 0 bridgehead atoms. The lowest BCUT2D eigenvalue weighted by Gasteiger charge is -2.08. The van der Waals surface area contributed by atoms with Gasteiger partial charge in [0.25, 0.3) is 0 Å². The predicted octanol–water partition coefficient (Wildman–Crippen LogP) is 0.877. The first-order chi connectivity index (χ1) is 5.29. The molecule has 1 heterocycles. The smallest absolute Gasteiger partial charge is 0.0519 e. The van der Waals surface area contributed by atoms with Crippen molar-refractivity contribution in [2.75, 3.05) is 19.7 Å². The van der Waals surface area contributed by atoms with Gasteiger partial charge in [-0.25, -0.2) is 0 Å². The van der Waals surface area contributed by atoms with Crippen molar-refractivity contribution in [2.24, 2.45) is 17.8 Å². The Morgan fingerprint density at radius 1 is 1.36 bits per heavy atom. The summed E-state index contributed by atoms with van der Waals surface area (Å²) >= 11 is 0. The molecule has 0 aromatic rings. The minimum atomic E-state index is 0.407. The first-order valence-electron chi connectivity index (χ1n) is 4.61. The summed E-state index contributed by atoms with van der Waals surface area (Å²) in [5, 5.41) is 3.38. The van der Waals surface area contributed by atoms with Crippen LogP contribution in [0.4, 0.5) is 0 Å². The van der Waals surface area contributed by atoms with E-state index >= 15 is 0 Å². The third kappa shape index (κ3) is 1.42. The molecule has 1 N–H and O–H groups in total. The summed E-state index contributed by atoms with van der Waals surface area (Å²) in [5.74, 6) is 2.79. The van der Waals surface area contributed by atoms with Gasteiger partial charge in [-0.1, -0.05) is 0 Å². The van der Waals surface area contributed by atoms with Gasteiger partial charge in [-0.2, -0.15) is 0 Å². The second-order valence-corrected chi connectivity index (χ2v) is 4.03. The molecule has 0 radical (unpaired) electrons. The van der Waals surface area contributed by atoms with E-state index in [1.807, 2.05) is 0 Å². The van der Waals surface area contributed by atoms with E-state index in [2.05, 4.69) is 19.2 Å². The first-order valence-corrected chi connectivity index (χ1v) is 4.61. The summed E-state index contributed by atoms with van der Waals surface area (Å²) in [6.45, 7) is 7.68. The highest BCUT2D eigenvalue weighted by Gasteiger charge is 2.52. The molecule has 1 saturated carbocycles. The van der Waals surface area contributed by atoms with Crippen molar-refractivity contribution in [3.63, 3.8) is 0 Å². The maximum Gasteiger partial charge on any atom is 0.0519 e. The van der Waals surface area contributed by atoms with Gasteiger partial charge in [-0.05, 0) is 44.7 Å². The van der Waals surface area contributed by atoms with Gasteiger partial charge < -0.3 is 10.1 Å². The molecule has 1 unspecified atom stereocenters. The quantitative estimate of drug-likeness (QED) is 0.653. The van der Waals surface area contributed by atoms with Crippen molar-refractivity contribution in [2.45, 2.75) is 20.0 Å². The first kappa shape index (κ1) is 7.56. The lowest BCUT2D eigenvalue weighted by atomic mass is 10.3. The molecular formula is C9H17NO. The number of hydrogen-bond donors (Lipinski definition) is 1. The van der Waals surface area contributed by atoms with Gasteiger partial charge in [0.2, 0.25) is 0 Å². The Bertz CT molecular complexity index is 136. The normalized spacial score (nSPS) is 41.2. The Labute approximate surface area is 68.3 Å². The lowest BCUT2D eigenvalue weighted by molar-refractivity contribution is 0.0647.